The number of pyridine rings is 1. The molecule has 86 valence electrons. The van der Waals surface area contributed by atoms with Crippen molar-refractivity contribution < 1.29 is 23.6 Å². The van der Waals surface area contributed by atoms with E-state index in [1.54, 1.807) is 0 Å². The van der Waals surface area contributed by atoms with Gasteiger partial charge in [-0.1, -0.05) is 0 Å². The average Bonchev–Trinajstić information content (AvgIpc) is 2.16. The molecule has 0 atom stereocenters. The number of nitro groups is 1. The molecule has 0 saturated heterocycles. The molecule has 0 radical (unpaired) electrons. The Balaban J connectivity index is 3.17. The van der Waals surface area contributed by atoms with Crippen molar-refractivity contribution in [2.24, 2.45) is 0 Å². The molecule has 0 unspecified atom stereocenters. The van der Waals surface area contributed by atoms with Crippen molar-refractivity contribution in [2.45, 2.75) is 12.8 Å². The molecule has 0 fully saturated rings. The fourth-order valence-electron chi connectivity index (χ4n) is 1.08. The Morgan fingerprint density at radius 3 is 2.62 bits per heavy atom. The van der Waals surface area contributed by atoms with Crippen LogP contribution in [-0.4, -0.2) is 21.0 Å². The summed E-state index contributed by atoms with van der Waals surface area (Å²) in [6, 6.07) is 1.87. The zero-order valence-corrected chi connectivity index (χ0v) is 7.76. The third-order valence-corrected chi connectivity index (χ3v) is 1.70. The summed E-state index contributed by atoms with van der Waals surface area (Å²) in [5.41, 5.74) is -1.97. The van der Waals surface area contributed by atoms with Crippen molar-refractivity contribution in [3.63, 3.8) is 0 Å². The Morgan fingerprint density at radius 1 is 1.56 bits per heavy atom. The first-order chi connectivity index (χ1) is 7.41. The molecular weight excluding hydrogens is 226 g/mol. The number of carbonyl (C=O) groups is 1. The second-order valence-electron chi connectivity index (χ2n) is 2.84. The molecule has 0 aromatic carbocycles. The fraction of sp³-hybridized carbons (Fsp3) is 0.250. The number of aliphatic carboxylic acids is 1. The van der Waals surface area contributed by atoms with E-state index in [0.717, 1.165) is 12.1 Å². The van der Waals surface area contributed by atoms with E-state index in [0.29, 0.717) is 0 Å². The molecule has 16 heavy (non-hydrogen) atoms. The number of aromatic nitrogens is 1. The number of hydrogen-bond donors (Lipinski definition) is 1. The number of rotatable bonds is 4. The Hall–Kier alpha value is -2.12. The monoisotopic (exact) mass is 232 g/mol. The second-order valence-corrected chi connectivity index (χ2v) is 2.84. The van der Waals surface area contributed by atoms with E-state index in [9.17, 15) is 23.7 Å². The molecule has 0 saturated carbocycles. The van der Waals surface area contributed by atoms with Crippen LogP contribution < -0.4 is 0 Å². The quantitative estimate of drug-likeness (QED) is 0.627. The fourth-order valence-corrected chi connectivity index (χ4v) is 1.08. The van der Waals surface area contributed by atoms with Gasteiger partial charge in [-0.2, -0.15) is 0 Å². The Labute approximate surface area is 87.7 Å². The van der Waals surface area contributed by atoms with E-state index in [4.69, 9.17) is 5.11 Å². The van der Waals surface area contributed by atoms with Crippen LogP contribution in [0.3, 0.4) is 0 Å². The highest BCUT2D eigenvalue weighted by Crippen LogP contribution is 2.26. The van der Waals surface area contributed by atoms with Gasteiger partial charge in [0, 0.05) is 6.07 Å². The molecule has 0 aliphatic heterocycles. The van der Waals surface area contributed by atoms with Crippen molar-refractivity contribution in [1.29, 1.82) is 0 Å². The van der Waals surface area contributed by atoms with Crippen molar-refractivity contribution in [1.82, 2.24) is 4.98 Å². The minimum Gasteiger partial charge on any atom is -0.481 e. The highest BCUT2D eigenvalue weighted by Gasteiger charge is 2.24. The first-order valence-corrected chi connectivity index (χ1v) is 4.06. The first kappa shape index (κ1) is 12.0. The molecule has 1 aromatic rings. The smallest absolute Gasteiger partial charge is 0.309 e. The maximum atomic E-state index is 12.4. The van der Waals surface area contributed by atoms with E-state index < -0.39 is 35.1 Å². The number of carboxylic acids is 1. The molecule has 0 aliphatic rings. The molecule has 1 aromatic heterocycles. The van der Waals surface area contributed by atoms with E-state index in [1.807, 2.05) is 0 Å². The molecule has 0 spiro atoms. The molecule has 0 aliphatic carbocycles. The predicted octanol–water partition coefficient (Wildman–Crippen LogP) is 1.55. The summed E-state index contributed by atoms with van der Waals surface area (Å²) >= 11 is 0. The topological polar surface area (TPSA) is 93.3 Å². The van der Waals surface area contributed by atoms with Crippen LogP contribution in [-0.2, 0) is 11.2 Å². The Bertz CT molecular complexity index is 436. The van der Waals surface area contributed by atoms with Gasteiger partial charge in [0.2, 0.25) is 0 Å². The van der Waals surface area contributed by atoms with Gasteiger partial charge in [0.15, 0.2) is 5.69 Å². The lowest BCUT2D eigenvalue weighted by Gasteiger charge is -2.02. The largest absolute Gasteiger partial charge is 0.481 e. The SMILES string of the molecule is O=C(O)Cc1ccc([N+](=O)[O-])c(C(F)F)n1. The maximum Gasteiger partial charge on any atom is 0.309 e. The molecule has 6 nitrogen and oxygen atoms in total. The molecule has 8 heteroatoms. The minimum atomic E-state index is -3.12. The summed E-state index contributed by atoms with van der Waals surface area (Å²) < 4.78 is 24.8. The van der Waals surface area contributed by atoms with Crippen molar-refractivity contribution in [3.05, 3.63) is 33.6 Å². The molecule has 1 rings (SSSR count). The van der Waals surface area contributed by atoms with E-state index in [-0.39, 0.29) is 5.69 Å². The van der Waals surface area contributed by atoms with Crippen molar-refractivity contribution in [2.75, 3.05) is 0 Å². The maximum absolute atomic E-state index is 12.4. The molecular formula is C8H6F2N2O4. The van der Waals surface area contributed by atoms with Gasteiger partial charge in [-0.25, -0.2) is 13.8 Å². The zero-order chi connectivity index (χ0) is 12.3. The summed E-state index contributed by atoms with van der Waals surface area (Å²) in [6.07, 6.45) is -3.67. The first-order valence-electron chi connectivity index (χ1n) is 4.06. The van der Waals surface area contributed by atoms with Gasteiger partial charge in [0.05, 0.1) is 17.0 Å². The van der Waals surface area contributed by atoms with Crippen molar-refractivity contribution in [3.8, 4) is 0 Å². The zero-order valence-electron chi connectivity index (χ0n) is 7.76. The summed E-state index contributed by atoms with van der Waals surface area (Å²) in [6.45, 7) is 0. The van der Waals surface area contributed by atoms with Crippen LogP contribution in [0.4, 0.5) is 14.5 Å². The lowest BCUT2D eigenvalue weighted by Crippen LogP contribution is -2.06. The van der Waals surface area contributed by atoms with Crippen LogP contribution in [0, 0.1) is 10.1 Å². The van der Waals surface area contributed by atoms with Crippen LogP contribution in [0.15, 0.2) is 12.1 Å². The van der Waals surface area contributed by atoms with Gasteiger partial charge in [0.1, 0.15) is 0 Å². The second kappa shape index (κ2) is 4.60. The predicted molar refractivity (Wildman–Crippen MR) is 47.2 cm³/mol. The van der Waals surface area contributed by atoms with Gasteiger partial charge in [-0.05, 0) is 6.07 Å². The lowest BCUT2D eigenvalue weighted by molar-refractivity contribution is -0.386. The summed E-state index contributed by atoms with van der Waals surface area (Å²) in [5.74, 6) is -1.25. The third kappa shape index (κ3) is 2.69. The van der Waals surface area contributed by atoms with Gasteiger partial charge in [-0.15, -0.1) is 0 Å². The van der Waals surface area contributed by atoms with E-state index in [1.165, 1.54) is 0 Å². The van der Waals surface area contributed by atoms with Crippen LogP contribution >= 0.6 is 0 Å². The van der Waals surface area contributed by atoms with Gasteiger partial charge >= 0.3 is 5.97 Å². The normalized spacial score (nSPS) is 10.4. The molecule has 1 heterocycles. The van der Waals surface area contributed by atoms with Crippen LogP contribution in [0.25, 0.3) is 0 Å². The van der Waals surface area contributed by atoms with Gasteiger partial charge in [0.25, 0.3) is 12.1 Å². The number of halogens is 2. The Kier molecular flexibility index (Phi) is 3.44. The summed E-state index contributed by atoms with van der Waals surface area (Å²) in [4.78, 5) is 23.0. The number of hydrogen-bond acceptors (Lipinski definition) is 4. The number of alkyl halides is 2. The van der Waals surface area contributed by atoms with Crippen LogP contribution in [0.2, 0.25) is 0 Å². The lowest BCUT2D eigenvalue weighted by atomic mass is 10.2. The summed E-state index contributed by atoms with van der Waals surface area (Å²) in [5, 5.41) is 18.8. The molecule has 0 amide bonds. The molecule has 1 N–H and O–H groups in total. The molecule has 0 bridgehead atoms. The third-order valence-electron chi connectivity index (χ3n) is 1.70. The van der Waals surface area contributed by atoms with Crippen molar-refractivity contribution >= 4 is 11.7 Å². The average molecular weight is 232 g/mol. The Morgan fingerprint density at radius 2 is 2.19 bits per heavy atom. The van der Waals surface area contributed by atoms with Gasteiger partial charge < -0.3 is 5.11 Å². The van der Waals surface area contributed by atoms with Crippen LogP contribution in [0.5, 0.6) is 0 Å². The van der Waals surface area contributed by atoms with E-state index >= 15 is 0 Å². The number of carboxylic acid groups (broad SMARTS) is 1. The summed E-state index contributed by atoms with van der Waals surface area (Å²) in [7, 11) is 0. The van der Waals surface area contributed by atoms with Gasteiger partial charge in [-0.3, -0.25) is 14.9 Å². The minimum absolute atomic E-state index is 0.145. The number of nitrogens with zero attached hydrogens (tertiary/aromatic N) is 2. The van der Waals surface area contributed by atoms with Crippen LogP contribution in [0.1, 0.15) is 17.8 Å². The highest BCUT2D eigenvalue weighted by atomic mass is 19.3. The highest BCUT2D eigenvalue weighted by molar-refractivity contribution is 5.69. The van der Waals surface area contributed by atoms with E-state index in [2.05, 4.69) is 4.98 Å². The standard InChI is InChI=1S/C8H6F2N2O4/c9-8(10)7-5(12(15)16)2-1-4(11-7)3-6(13)14/h1-2,8H,3H2,(H,13,14).